The van der Waals surface area contributed by atoms with Crippen molar-refractivity contribution in [1.29, 1.82) is 0 Å². The molecule has 0 aromatic rings. The van der Waals surface area contributed by atoms with Crippen LogP contribution in [-0.4, -0.2) is 16.9 Å². The van der Waals surface area contributed by atoms with Crippen LogP contribution in [0.4, 0.5) is 0 Å². The molecule has 0 spiro atoms. The highest BCUT2D eigenvalue weighted by atomic mass is 16.4. The van der Waals surface area contributed by atoms with Crippen molar-refractivity contribution in [2.45, 2.75) is 40.0 Å². The molecule has 0 radical (unpaired) electrons. The monoisotopic (exact) mass is 172 g/mol. The lowest BCUT2D eigenvalue weighted by molar-refractivity contribution is -0.155. The van der Waals surface area contributed by atoms with Crippen molar-refractivity contribution in [2.75, 3.05) is 0 Å². The molecule has 0 unspecified atom stereocenters. The second-order valence-corrected chi connectivity index (χ2v) is 2.87. The van der Waals surface area contributed by atoms with E-state index in [-0.39, 0.29) is 5.78 Å². The first-order chi connectivity index (χ1) is 5.55. The molecule has 0 rings (SSSR count). The number of carboxylic acids is 1. The van der Waals surface area contributed by atoms with Crippen LogP contribution in [0.5, 0.6) is 0 Å². The SMILES string of the molecule is CCC(=O)C(CC)(CC)C(=O)O. The Hall–Kier alpha value is -0.860. The molecule has 0 bridgehead atoms. The maximum absolute atomic E-state index is 11.4. The Labute approximate surface area is 72.8 Å². The van der Waals surface area contributed by atoms with Crippen LogP contribution in [0.3, 0.4) is 0 Å². The van der Waals surface area contributed by atoms with E-state index >= 15 is 0 Å². The third kappa shape index (κ3) is 1.65. The topological polar surface area (TPSA) is 54.4 Å². The molecule has 0 heterocycles. The number of carbonyl (C=O) groups excluding carboxylic acids is 1. The Kier molecular flexibility index (Phi) is 3.93. The molecule has 0 aromatic heterocycles. The van der Waals surface area contributed by atoms with Crippen molar-refractivity contribution in [2.24, 2.45) is 5.41 Å². The van der Waals surface area contributed by atoms with Crippen LogP contribution >= 0.6 is 0 Å². The Morgan fingerprint density at radius 2 is 1.58 bits per heavy atom. The second kappa shape index (κ2) is 4.24. The molecule has 0 saturated carbocycles. The molecular weight excluding hydrogens is 156 g/mol. The highest BCUT2D eigenvalue weighted by molar-refractivity contribution is 6.02. The quantitative estimate of drug-likeness (QED) is 0.644. The summed E-state index contributed by atoms with van der Waals surface area (Å²) in [6, 6.07) is 0. The van der Waals surface area contributed by atoms with Gasteiger partial charge in [0.15, 0.2) is 0 Å². The van der Waals surface area contributed by atoms with E-state index in [2.05, 4.69) is 0 Å². The van der Waals surface area contributed by atoms with Crippen LogP contribution in [0.25, 0.3) is 0 Å². The minimum Gasteiger partial charge on any atom is -0.480 e. The Bertz CT molecular complexity index is 180. The van der Waals surface area contributed by atoms with Gasteiger partial charge in [-0.3, -0.25) is 9.59 Å². The second-order valence-electron chi connectivity index (χ2n) is 2.87. The standard InChI is InChI=1S/C9H16O3/c1-4-7(10)9(5-2,6-3)8(11)12/h4-6H2,1-3H3,(H,11,12). The van der Waals surface area contributed by atoms with Crippen molar-refractivity contribution < 1.29 is 14.7 Å². The van der Waals surface area contributed by atoms with Gasteiger partial charge in [-0.15, -0.1) is 0 Å². The molecule has 3 nitrogen and oxygen atoms in total. The highest BCUT2D eigenvalue weighted by Crippen LogP contribution is 2.29. The zero-order chi connectivity index (χ0) is 9.78. The van der Waals surface area contributed by atoms with E-state index in [1.165, 1.54) is 0 Å². The molecule has 0 atom stereocenters. The van der Waals surface area contributed by atoms with Gasteiger partial charge in [-0.05, 0) is 12.8 Å². The number of Topliss-reactive ketones (excluding diaryl/α,β-unsaturated/α-hetero) is 1. The molecule has 0 aliphatic rings. The molecule has 0 saturated heterocycles. The average Bonchev–Trinajstić information content (AvgIpc) is 2.06. The van der Waals surface area contributed by atoms with E-state index < -0.39 is 11.4 Å². The molecule has 1 N–H and O–H groups in total. The van der Waals surface area contributed by atoms with Crippen molar-refractivity contribution >= 4 is 11.8 Å². The van der Waals surface area contributed by atoms with Gasteiger partial charge in [0.25, 0.3) is 0 Å². The molecule has 3 heteroatoms. The first-order valence-corrected chi connectivity index (χ1v) is 4.31. The largest absolute Gasteiger partial charge is 0.480 e. The fourth-order valence-electron chi connectivity index (χ4n) is 1.40. The molecule has 0 amide bonds. The lowest BCUT2D eigenvalue weighted by Gasteiger charge is -2.24. The van der Waals surface area contributed by atoms with Crippen molar-refractivity contribution in [3.63, 3.8) is 0 Å². The molecule has 0 fully saturated rings. The van der Waals surface area contributed by atoms with Crippen LogP contribution < -0.4 is 0 Å². The normalized spacial score (nSPS) is 11.2. The Morgan fingerprint density at radius 3 is 1.67 bits per heavy atom. The summed E-state index contributed by atoms with van der Waals surface area (Å²) in [6.07, 6.45) is 1.06. The van der Waals surface area contributed by atoms with Crippen molar-refractivity contribution in [3.05, 3.63) is 0 Å². The summed E-state index contributed by atoms with van der Waals surface area (Å²) in [5.41, 5.74) is -1.13. The lowest BCUT2D eigenvalue weighted by atomic mass is 9.77. The first kappa shape index (κ1) is 11.1. The number of ketones is 1. The maximum atomic E-state index is 11.4. The zero-order valence-electron chi connectivity index (χ0n) is 7.89. The summed E-state index contributed by atoms with van der Waals surface area (Å²) in [5, 5.41) is 8.90. The summed E-state index contributed by atoms with van der Waals surface area (Å²) in [4.78, 5) is 22.2. The number of hydrogen-bond donors (Lipinski definition) is 1. The number of rotatable bonds is 5. The predicted molar refractivity (Wildman–Crippen MR) is 45.9 cm³/mol. The fraction of sp³-hybridized carbons (Fsp3) is 0.778. The molecule has 0 aliphatic carbocycles. The van der Waals surface area contributed by atoms with Crippen molar-refractivity contribution in [3.8, 4) is 0 Å². The molecule has 0 aliphatic heterocycles. The summed E-state index contributed by atoms with van der Waals surface area (Å²) in [6.45, 7) is 5.18. The van der Waals surface area contributed by atoms with Crippen LogP contribution in [0.2, 0.25) is 0 Å². The van der Waals surface area contributed by atoms with Gasteiger partial charge in [-0.25, -0.2) is 0 Å². The number of aliphatic carboxylic acids is 1. The van der Waals surface area contributed by atoms with Crippen molar-refractivity contribution in [1.82, 2.24) is 0 Å². The van der Waals surface area contributed by atoms with Gasteiger partial charge in [0.05, 0.1) is 0 Å². The highest BCUT2D eigenvalue weighted by Gasteiger charge is 2.40. The first-order valence-electron chi connectivity index (χ1n) is 4.31. The van der Waals surface area contributed by atoms with Gasteiger partial charge in [-0.2, -0.15) is 0 Å². The third-order valence-electron chi connectivity index (χ3n) is 2.47. The van der Waals surface area contributed by atoms with E-state index in [9.17, 15) is 9.59 Å². The number of carbonyl (C=O) groups is 2. The Balaban J connectivity index is 4.82. The van der Waals surface area contributed by atoms with Crippen LogP contribution in [0.1, 0.15) is 40.0 Å². The molecule has 12 heavy (non-hydrogen) atoms. The maximum Gasteiger partial charge on any atom is 0.317 e. The smallest absolute Gasteiger partial charge is 0.317 e. The van der Waals surface area contributed by atoms with Gasteiger partial charge in [0.1, 0.15) is 11.2 Å². The van der Waals surface area contributed by atoms with E-state index in [0.717, 1.165) is 0 Å². The predicted octanol–water partition coefficient (Wildman–Crippen LogP) is 1.86. The van der Waals surface area contributed by atoms with Gasteiger partial charge < -0.3 is 5.11 Å². The van der Waals surface area contributed by atoms with E-state index in [4.69, 9.17) is 5.11 Å². The summed E-state index contributed by atoms with van der Waals surface area (Å²) >= 11 is 0. The average molecular weight is 172 g/mol. The molecule has 70 valence electrons. The minimum absolute atomic E-state index is 0.167. The van der Waals surface area contributed by atoms with E-state index in [1.807, 2.05) is 0 Å². The van der Waals surface area contributed by atoms with Crippen LogP contribution in [0.15, 0.2) is 0 Å². The zero-order valence-corrected chi connectivity index (χ0v) is 7.89. The number of carboxylic acid groups (broad SMARTS) is 1. The lowest BCUT2D eigenvalue weighted by Crippen LogP contribution is -2.37. The Morgan fingerprint density at radius 1 is 1.17 bits per heavy atom. The third-order valence-corrected chi connectivity index (χ3v) is 2.47. The van der Waals surface area contributed by atoms with E-state index in [1.54, 1.807) is 20.8 Å². The fourth-order valence-corrected chi connectivity index (χ4v) is 1.40. The molecule has 0 aromatic carbocycles. The summed E-state index contributed by atoms with van der Waals surface area (Å²) in [7, 11) is 0. The van der Waals surface area contributed by atoms with E-state index in [0.29, 0.717) is 19.3 Å². The van der Waals surface area contributed by atoms with Gasteiger partial charge in [0.2, 0.25) is 0 Å². The molecular formula is C9H16O3. The van der Waals surface area contributed by atoms with Crippen LogP contribution in [-0.2, 0) is 9.59 Å². The van der Waals surface area contributed by atoms with Gasteiger partial charge in [-0.1, -0.05) is 20.8 Å². The van der Waals surface area contributed by atoms with Gasteiger partial charge in [0, 0.05) is 6.42 Å². The van der Waals surface area contributed by atoms with Gasteiger partial charge >= 0.3 is 5.97 Å². The summed E-state index contributed by atoms with van der Waals surface area (Å²) in [5.74, 6) is -1.15. The minimum atomic E-state index is -1.13. The number of hydrogen-bond acceptors (Lipinski definition) is 2. The summed E-state index contributed by atoms with van der Waals surface area (Å²) < 4.78 is 0. The van der Waals surface area contributed by atoms with Crippen LogP contribution in [0, 0.1) is 5.41 Å².